The van der Waals surface area contributed by atoms with E-state index in [0.29, 0.717) is 29.0 Å². The molecule has 1 saturated carbocycles. The first kappa shape index (κ1) is 20.0. The van der Waals surface area contributed by atoms with Crippen molar-refractivity contribution in [3.05, 3.63) is 42.2 Å². The molecule has 1 saturated heterocycles. The summed E-state index contributed by atoms with van der Waals surface area (Å²) in [6, 6.07) is 5.56. The second-order valence-electron chi connectivity index (χ2n) is 8.26. The molecule has 6 nitrogen and oxygen atoms in total. The minimum Gasteiger partial charge on any atom is -0.507 e. The molecule has 1 aromatic carbocycles. The minimum atomic E-state index is -4.53. The number of fused-ring (bicyclic) bond motifs is 1. The van der Waals surface area contributed by atoms with Crippen LogP contribution in [-0.4, -0.2) is 50.4 Å². The third-order valence-electron chi connectivity index (χ3n) is 6.02. The molecule has 0 unspecified atom stereocenters. The van der Waals surface area contributed by atoms with Gasteiger partial charge < -0.3 is 10.4 Å². The Balaban J connectivity index is 1.48. The molecule has 1 atom stereocenters. The number of aromatic nitrogens is 3. The van der Waals surface area contributed by atoms with Gasteiger partial charge in [-0.25, -0.2) is 0 Å². The molecule has 0 spiro atoms. The molecule has 0 amide bonds. The summed E-state index contributed by atoms with van der Waals surface area (Å²) < 4.78 is 38.9. The number of phenols is 1. The summed E-state index contributed by atoms with van der Waals surface area (Å²) in [5.74, 6) is 0.108. The lowest BCUT2D eigenvalue weighted by atomic mass is 10.0. The van der Waals surface area contributed by atoms with E-state index in [-0.39, 0.29) is 11.6 Å². The quantitative estimate of drug-likeness (QED) is 0.638. The maximum Gasteiger partial charge on any atom is 0.416 e. The Kier molecular flexibility index (Phi) is 4.92. The topological polar surface area (TPSA) is 74.2 Å². The van der Waals surface area contributed by atoms with Gasteiger partial charge in [0.05, 0.1) is 5.56 Å². The van der Waals surface area contributed by atoms with Gasteiger partial charge in [-0.3, -0.25) is 9.88 Å². The summed E-state index contributed by atoms with van der Waals surface area (Å²) in [7, 11) is 0. The lowest BCUT2D eigenvalue weighted by Gasteiger charge is -2.33. The summed E-state index contributed by atoms with van der Waals surface area (Å²) in [6.07, 6.45) is 3.42. The monoisotopic (exact) mass is 429 g/mol. The van der Waals surface area contributed by atoms with Crippen LogP contribution in [0, 0.1) is 0 Å². The number of phenolic OH excluding ortho intramolecular Hbond substituents is 1. The molecule has 2 aromatic heterocycles. The van der Waals surface area contributed by atoms with Crippen molar-refractivity contribution in [3.63, 3.8) is 0 Å². The number of likely N-dealkylation sites (tertiary alicyclic amines) is 1. The lowest BCUT2D eigenvalue weighted by molar-refractivity contribution is -0.137. The van der Waals surface area contributed by atoms with Crippen LogP contribution < -0.4 is 5.32 Å². The Labute approximate surface area is 177 Å². The average Bonchev–Trinajstić information content (AvgIpc) is 3.59. The highest BCUT2D eigenvalue weighted by Gasteiger charge is 2.33. The number of anilines is 1. The molecule has 3 aromatic rings. The highest BCUT2D eigenvalue weighted by atomic mass is 19.4. The molecule has 5 rings (SSSR count). The fraction of sp³-hybridized carbons (Fsp3) is 0.409. The Morgan fingerprint density at radius 3 is 2.65 bits per heavy atom. The number of nitrogens with zero attached hydrogens (tertiary/aromatic N) is 4. The molecule has 2 N–H and O–H groups in total. The molecule has 9 heteroatoms. The van der Waals surface area contributed by atoms with Gasteiger partial charge in [-0.05, 0) is 56.5 Å². The van der Waals surface area contributed by atoms with Crippen molar-refractivity contribution in [2.75, 3.05) is 18.4 Å². The molecular formula is C22H22F3N5O. The van der Waals surface area contributed by atoms with E-state index in [9.17, 15) is 18.3 Å². The third kappa shape index (κ3) is 4.01. The molecule has 1 aliphatic carbocycles. The smallest absolute Gasteiger partial charge is 0.416 e. The van der Waals surface area contributed by atoms with Gasteiger partial charge in [0.1, 0.15) is 11.4 Å². The number of aromatic hydroxyl groups is 1. The fourth-order valence-electron chi connectivity index (χ4n) is 4.30. The Morgan fingerprint density at radius 1 is 1.06 bits per heavy atom. The van der Waals surface area contributed by atoms with E-state index in [1.807, 2.05) is 0 Å². The van der Waals surface area contributed by atoms with E-state index in [0.717, 1.165) is 37.4 Å². The van der Waals surface area contributed by atoms with Crippen molar-refractivity contribution in [1.29, 1.82) is 0 Å². The van der Waals surface area contributed by atoms with Crippen LogP contribution in [0.2, 0.25) is 0 Å². The summed E-state index contributed by atoms with van der Waals surface area (Å²) in [6.45, 7) is 2.08. The average molecular weight is 429 g/mol. The van der Waals surface area contributed by atoms with Crippen LogP contribution in [0.4, 0.5) is 19.0 Å². The van der Waals surface area contributed by atoms with Gasteiger partial charge >= 0.3 is 6.18 Å². The molecule has 31 heavy (non-hydrogen) atoms. The molecule has 0 bridgehead atoms. The van der Waals surface area contributed by atoms with Crippen LogP contribution in [0.3, 0.4) is 0 Å². The van der Waals surface area contributed by atoms with Crippen molar-refractivity contribution < 1.29 is 18.3 Å². The van der Waals surface area contributed by atoms with E-state index in [4.69, 9.17) is 0 Å². The van der Waals surface area contributed by atoms with Gasteiger partial charge in [0.25, 0.3) is 0 Å². The Morgan fingerprint density at radius 2 is 1.90 bits per heavy atom. The zero-order valence-electron chi connectivity index (χ0n) is 16.7. The molecule has 162 valence electrons. The molecule has 2 fully saturated rings. The van der Waals surface area contributed by atoms with Crippen LogP contribution in [0.1, 0.15) is 31.2 Å². The summed E-state index contributed by atoms with van der Waals surface area (Å²) in [5, 5.41) is 23.7. The normalized spacial score (nSPS) is 20.2. The van der Waals surface area contributed by atoms with Crippen LogP contribution in [-0.2, 0) is 6.18 Å². The fourth-order valence-corrected chi connectivity index (χ4v) is 4.30. The first-order chi connectivity index (χ1) is 14.9. The first-order valence-electron chi connectivity index (χ1n) is 10.4. The summed E-state index contributed by atoms with van der Waals surface area (Å²) in [4.78, 5) is 6.71. The predicted molar refractivity (Wildman–Crippen MR) is 111 cm³/mol. The molecule has 1 aliphatic heterocycles. The number of hydrogen-bond acceptors (Lipinski definition) is 6. The number of benzene rings is 1. The first-order valence-corrected chi connectivity index (χ1v) is 10.4. The zero-order valence-corrected chi connectivity index (χ0v) is 16.7. The van der Waals surface area contributed by atoms with Gasteiger partial charge in [-0.15, -0.1) is 10.2 Å². The second kappa shape index (κ2) is 7.64. The summed E-state index contributed by atoms with van der Waals surface area (Å²) >= 11 is 0. The molecule has 0 radical (unpaired) electrons. The number of piperidine rings is 1. The maximum absolute atomic E-state index is 13.0. The standard InChI is InChI=1S/C22H22F3N5O/c23-22(24,25)13-3-6-17(19(31)10-13)20-16-7-8-26-11-18(16)21(29-28-20)27-14-2-1-9-30(12-14)15-4-5-15/h3,6-8,10-11,14-15,31H,1-2,4-5,9,12H2,(H,27,29)/t14-/m1/s1. The number of hydrogen-bond donors (Lipinski definition) is 2. The molecule has 2 aliphatic rings. The van der Waals surface area contributed by atoms with E-state index in [1.54, 1.807) is 18.5 Å². The van der Waals surface area contributed by atoms with E-state index < -0.39 is 17.5 Å². The van der Waals surface area contributed by atoms with Gasteiger partial charge in [0.15, 0.2) is 5.82 Å². The van der Waals surface area contributed by atoms with Crippen molar-refractivity contribution in [2.45, 2.75) is 43.9 Å². The van der Waals surface area contributed by atoms with Gasteiger partial charge in [-0.2, -0.15) is 13.2 Å². The molecular weight excluding hydrogens is 407 g/mol. The lowest BCUT2D eigenvalue weighted by Crippen LogP contribution is -2.43. The van der Waals surface area contributed by atoms with Crippen LogP contribution >= 0.6 is 0 Å². The number of nitrogens with one attached hydrogen (secondary N) is 1. The van der Waals surface area contributed by atoms with Crippen LogP contribution in [0.15, 0.2) is 36.7 Å². The van der Waals surface area contributed by atoms with E-state index >= 15 is 0 Å². The molecule has 3 heterocycles. The van der Waals surface area contributed by atoms with Gasteiger partial charge in [0.2, 0.25) is 0 Å². The van der Waals surface area contributed by atoms with Gasteiger partial charge in [-0.1, -0.05) is 0 Å². The largest absolute Gasteiger partial charge is 0.507 e. The van der Waals surface area contributed by atoms with Crippen LogP contribution in [0.5, 0.6) is 5.75 Å². The maximum atomic E-state index is 13.0. The van der Waals surface area contributed by atoms with Crippen LogP contribution in [0.25, 0.3) is 22.0 Å². The third-order valence-corrected chi connectivity index (χ3v) is 6.02. The van der Waals surface area contributed by atoms with Crippen molar-refractivity contribution in [2.24, 2.45) is 0 Å². The second-order valence-corrected chi connectivity index (χ2v) is 8.26. The number of halogens is 3. The number of pyridine rings is 1. The summed E-state index contributed by atoms with van der Waals surface area (Å²) in [5.41, 5.74) is -0.401. The number of rotatable bonds is 4. The van der Waals surface area contributed by atoms with Crippen molar-refractivity contribution >= 4 is 16.6 Å². The van der Waals surface area contributed by atoms with Crippen molar-refractivity contribution in [3.8, 4) is 17.0 Å². The number of alkyl halides is 3. The van der Waals surface area contributed by atoms with Gasteiger partial charge in [0, 0.05) is 47.4 Å². The zero-order chi connectivity index (χ0) is 21.6. The Bertz CT molecular complexity index is 1120. The highest BCUT2D eigenvalue weighted by molar-refractivity contribution is 6.00. The Hall–Kier alpha value is -2.94. The SMILES string of the molecule is Oc1cc(C(F)(F)F)ccc1-c1nnc(N[C@@H]2CCCN(C3CC3)C2)c2cnccc12. The minimum absolute atomic E-state index is 0.195. The van der Waals surface area contributed by atoms with E-state index in [1.165, 1.54) is 18.9 Å². The highest BCUT2D eigenvalue weighted by Crippen LogP contribution is 2.39. The van der Waals surface area contributed by atoms with Crippen molar-refractivity contribution in [1.82, 2.24) is 20.1 Å². The van der Waals surface area contributed by atoms with E-state index in [2.05, 4.69) is 25.4 Å². The predicted octanol–water partition coefficient (Wildman–Crippen LogP) is 4.45.